The van der Waals surface area contributed by atoms with E-state index in [9.17, 15) is 0 Å². The molecular weight excluding hydrogens is 214 g/mol. The fourth-order valence-electron chi connectivity index (χ4n) is 2.88. The molecule has 2 atom stereocenters. The number of ether oxygens (including phenoxy) is 2. The predicted octanol–water partition coefficient (Wildman–Crippen LogP) is 2.00. The summed E-state index contributed by atoms with van der Waals surface area (Å²) in [5.74, 6) is 2.50. The van der Waals surface area contributed by atoms with Gasteiger partial charge in [-0.2, -0.15) is 0 Å². The molecule has 0 spiro atoms. The second-order valence-electron chi connectivity index (χ2n) is 4.95. The molecule has 17 heavy (non-hydrogen) atoms. The van der Waals surface area contributed by atoms with E-state index in [4.69, 9.17) is 9.47 Å². The number of methoxy groups -OCH3 is 1. The van der Waals surface area contributed by atoms with E-state index in [2.05, 4.69) is 11.4 Å². The molecule has 1 aromatic carbocycles. The van der Waals surface area contributed by atoms with Crippen molar-refractivity contribution in [1.29, 1.82) is 0 Å². The van der Waals surface area contributed by atoms with Crippen molar-refractivity contribution in [2.24, 2.45) is 5.92 Å². The quantitative estimate of drug-likeness (QED) is 0.847. The molecule has 1 N–H and O–H groups in total. The number of hydrogen-bond acceptors (Lipinski definition) is 3. The molecule has 2 aliphatic heterocycles. The molecule has 3 rings (SSSR count). The van der Waals surface area contributed by atoms with E-state index >= 15 is 0 Å². The minimum atomic E-state index is 0.624. The van der Waals surface area contributed by atoms with E-state index in [1.165, 1.54) is 18.4 Å². The lowest BCUT2D eigenvalue weighted by molar-refractivity contribution is 0.191. The van der Waals surface area contributed by atoms with Crippen LogP contribution < -0.4 is 14.8 Å². The molecule has 0 aliphatic carbocycles. The normalized spacial score (nSPS) is 27.4. The Labute approximate surface area is 102 Å². The van der Waals surface area contributed by atoms with Crippen molar-refractivity contribution in [3.8, 4) is 11.5 Å². The fraction of sp³-hybridized carbons (Fsp3) is 0.571. The summed E-state index contributed by atoms with van der Waals surface area (Å²) >= 11 is 0. The Hall–Kier alpha value is -1.22. The van der Waals surface area contributed by atoms with Crippen molar-refractivity contribution in [3.63, 3.8) is 0 Å². The predicted molar refractivity (Wildman–Crippen MR) is 66.7 cm³/mol. The summed E-state index contributed by atoms with van der Waals surface area (Å²) in [4.78, 5) is 0. The molecule has 3 heteroatoms. The van der Waals surface area contributed by atoms with Crippen LogP contribution >= 0.6 is 0 Å². The smallest absolute Gasteiger partial charge is 0.126 e. The van der Waals surface area contributed by atoms with Crippen LogP contribution in [0.2, 0.25) is 0 Å². The Bertz CT molecular complexity index is 399. The van der Waals surface area contributed by atoms with Crippen LogP contribution in [0.15, 0.2) is 18.2 Å². The highest BCUT2D eigenvalue weighted by Gasteiger charge is 2.29. The third-order valence-corrected chi connectivity index (χ3v) is 3.88. The van der Waals surface area contributed by atoms with Crippen LogP contribution in [-0.2, 0) is 6.42 Å². The Morgan fingerprint density at radius 1 is 1.41 bits per heavy atom. The summed E-state index contributed by atoms with van der Waals surface area (Å²) in [6, 6.07) is 6.79. The largest absolute Gasteiger partial charge is 0.497 e. The highest BCUT2D eigenvalue weighted by molar-refractivity contribution is 5.42. The first-order valence-electron chi connectivity index (χ1n) is 6.40. The number of hydrogen-bond donors (Lipinski definition) is 1. The van der Waals surface area contributed by atoms with Gasteiger partial charge in [-0.25, -0.2) is 0 Å². The highest BCUT2D eigenvalue weighted by atomic mass is 16.5. The third-order valence-electron chi connectivity index (χ3n) is 3.88. The van der Waals surface area contributed by atoms with Crippen molar-refractivity contribution < 1.29 is 9.47 Å². The van der Waals surface area contributed by atoms with Crippen LogP contribution in [0.4, 0.5) is 0 Å². The first-order valence-corrected chi connectivity index (χ1v) is 6.40. The van der Waals surface area contributed by atoms with Crippen LogP contribution in [0.3, 0.4) is 0 Å². The molecule has 0 aromatic heterocycles. The summed E-state index contributed by atoms with van der Waals surface area (Å²) in [6.07, 6.45) is 3.72. The number of benzene rings is 1. The van der Waals surface area contributed by atoms with E-state index in [1.54, 1.807) is 7.11 Å². The van der Waals surface area contributed by atoms with E-state index < -0.39 is 0 Å². The van der Waals surface area contributed by atoms with Crippen LogP contribution in [-0.4, -0.2) is 26.3 Å². The number of fused-ring (bicyclic) bond motifs is 1. The molecule has 2 aliphatic rings. The van der Waals surface area contributed by atoms with Crippen LogP contribution in [0.5, 0.6) is 11.5 Å². The van der Waals surface area contributed by atoms with Crippen LogP contribution in [0.25, 0.3) is 0 Å². The molecule has 92 valence electrons. The fourth-order valence-corrected chi connectivity index (χ4v) is 2.88. The summed E-state index contributed by atoms with van der Waals surface area (Å²) in [5, 5.41) is 3.57. The standard InChI is InChI=1S/C14H19NO2/c1-16-12-5-4-10-7-11(9-17-14(10)8-12)13-3-2-6-15-13/h4-5,8,11,13,15H,2-3,6-7,9H2,1H3. The van der Waals surface area contributed by atoms with Gasteiger partial charge in [-0.15, -0.1) is 0 Å². The minimum absolute atomic E-state index is 0.624. The third kappa shape index (κ3) is 2.12. The van der Waals surface area contributed by atoms with E-state index in [0.717, 1.165) is 31.1 Å². The zero-order valence-corrected chi connectivity index (χ0v) is 10.2. The van der Waals surface area contributed by atoms with Crippen LogP contribution in [0.1, 0.15) is 18.4 Å². The van der Waals surface area contributed by atoms with Crippen LogP contribution in [0, 0.1) is 5.92 Å². The molecule has 1 fully saturated rings. The van der Waals surface area contributed by atoms with Crippen molar-refractivity contribution in [2.75, 3.05) is 20.3 Å². The van der Waals surface area contributed by atoms with E-state index in [-0.39, 0.29) is 0 Å². The van der Waals surface area contributed by atoms with E-state index in [0.29, 0.717) is 12.0 Å². The topological polar surface area (TPSA) is 30.5 Å². The number of rotatable bonds is 2. The second kappa shape index (κ2) is 4.57. The monoisotopic (exact) mass is 233 g/mol. The van der Waals surface area contributed by atoms with Crippen molar-refractivity contribution >= 4 is 0 Å². The maximum absolute atomic E-state index is 5.87. The van der Waals surface area contributed by atoms with Crippen molar-refractivity contribution in [3.05, 3.63) is 23.8 Å². The van der Waals surface area contributed by atoms with Gasteiger partial charge in [0.1, 0.15) is 11.5 Å². The molecule has 3 nitrogen and oxygen atoms in total. The average Bonchev–Trinajstić information content (AvgIpc) is 2.91. The second-order valence-corrected chi connectivity index (χ2v) is 4.95. The molecule has 0 radical (unpaired) electrons. The van der Waals surface area contributed by atoms with Gasteiger partial charge in [0.25, 0.3) is 0 Å². The molecule has 1 saturated heterocycles. The summed E-state index contributed by atoms with van der Waals surface area (Å²) in [7, 11) is 1.69. The Balaban J connectivity index is 1.76. The van der Waals surface area contributed by atoms with Gasteiger partial charge in [-0.1, -0.05) is 6.07 Å². The zero-order chi connectivity index (χ0) is 11.7. The Morgan fingerprint density at radius 2 is 2.35 bits per heavy atom. The van der Waals surface area contributed by atoms with Crippen molar-refractivity contribution in [1.82, 2.24) is 5.32 Å². The first kappa shape index (κ1) is 10.9. The summed E-state index contributed by atoms with van der Waals surface area (Å²) in [5.41, 5.74) is 1.32. The van der Waals surface area contributed by atoms with Gasteiger partial charge in [-0.05, 0) is 37.4 Å². The minimum Gasteiger partial charge on any atom is -0.497 e. The lowest BCUT2D eigenvalue weighted by atomic mass is 9.89. The van der Waals surface area contributed by atoms with E-state index in [1.807, 2.05) is 12.1 Å². The lowest BCUT2D eigenvalue weighted by Gasteiger charge is -2.29. The molecule has 2 heterocycles. The van der Waals surface area contributed by atoms with Gasteiger partial charge in [-0.3, -0.25) is 0 Å². The maximum Gasteiger partial charge on any atom is 0.126 e. The Morgan fingerprint density at radius 3 is 3.12 bits per heavy atom. The molecule has 0 saturated carbocycles. The van der Waals surface area contributed by atoms with Gasteiger partial charge >= 0.3 is 0 Å². The van der Waals surface area contributed by atoms with Gasteiger partial charge in [0.05, 0.1) is 13.7 Å². The van der Waals surface area contributed by atoms with Gasteiger partial charge in [0.2, 0.25) is 0 Å². The summed E-state index contributed by atoms with van der Waals surface area (Å²) < 4.78 is 11.1. The molecule has 2 unspecified atom stereocenters. The summed E-state index contributed by atoms with van der Waals surface area (Å²) in [6.45, 7) is 1.99. The lowest BCUT2D eigenvalue weighted by Crippen LogP contribution is -2.37. The molecule has 1 aromatic rings. The molecular formula is C14H19NO2. The van der Waals surface area contributed by atoms with Gasteiger partial charge < -0.3 is 14.8 Å². The highest BCUT2D eigenvalue weighted by Crippen LogP contribution is 2.33. The SMILES string of the molecule is COc1ccc2c(c1)OCC(C1CCCN1)C2. The first-order chi connectivity index (χ1) is 8.36. The average molecular weight is 233 g/mol. The number of nitrogens with one attached hydrogen (secondary N) is 1. The van der Waals surface area contributed by atoms with Gasteiger partial charge in [0, 0.05) is 18.0 Å². The molecule has 0 amide bonds. The zero-order valence-electron chi connectivity index (χ0n) is 10.2. The Kier molecular flexibility index (Phi) is 2.93. The van der Waals surface area contributed by atoms with Crippen molar-refractivity contribution in [2.45, 2.75) is 25.3 Å². The maximum atomic E-state index is 5.87. The molecule has 0 bridgehead atoms. The van der Waals surface area contributed by atoms with Gasteiger partial charge in [0.15, 0.2) is 0 Å².